The molecule has 0 aliphatic carbocycles. The summed E-state index contributed by atoms with van der Waals surface area (Å²) in [5, 5.41) is 7.18. The van der Waals surface area contributed by atoms with Gasteiger partial charge in [-0.1, -0.05) is 89.8 Å². The molecule has 0 aliphatic rings. The second-order valence-corrected chi connectivity index (χ2v) is 16.0. The van der Waals surface area contributed by atoms with Gasteiger partial charge in [0.2, 0.25) is 0 Å². The van der Waals surface area contributed by atoms with Crippen LogP contribution < -0.4 is 27.3 Å². The van der Waals surface area contributed by atoms with Crippen molar-refractivity contribution < 1.29 is 0 Å². The molecule has 0 saturated heterocycles. The number of aromatic nitrogens is 4. The van der Waals surface area contributed by atoms with E-state index in [9.17, 15) is 0 Å². The summed E-state index contributed by atoms with van der Waals surface area (Å²) < 4.78 is 7.05. The van der Waals surface area contributed by atoms with E-state index in [1.54, 1.807) is 11.3 Å². The van der Waals surface area contributed by atoms with E-state index < -0.39 is 0 Å². The average molecular weight is 736 g/mol. The van der Waals surface area contributed by atoms with Gasteiger partial charge < -0.3 is 4.57 Å². The van der Waals surface area contributed by atoms with Crippen molar-refractivity contribution in [3.8, 4) is 39.9 Å². The van der Waals surface area contributed by atoms with Gasteiger partial charge in [0.1, 0.15) is 39.2 Å². The average Bonchev–Trinajstić information content (AvgIpc) is 3.90. The minimum absolute atomic E-state index is 0.125. The molecular formula is C45H21B5N4S2. The highest BCUT2D eigenvalue weighted by Gasteiger charge is 2.21. The topological polar surface area (TPSA) is 43.6 Å². The molecule has 10 radical (unpaired) electrons. The first-order valence-corrected chi connectivity index (χ1v) is 19.6. The van der Waals surface area contributed by atoms with Crippen LogP contribution in [0.2, 0.25) is 0 Å². The van der Waals surface area contributed by atoms with E-state index in [0.29, 0.717) is 17.2 Å². The van der Waals surface area contributed by atoms with Crippen molar-refractivity contribution in [1.82, 2.24) is 19.5 Å². The van der Waals surface area contributed by atoms with E-state index in [0.717, 1.165) is 37.9 Å². The maximum Gasteiger partial charge on any atom is 0.165 e. The third-order valence-electron chi connectivity index (χ3n) is 10.7. The molecule has 4 nitrogen and oxygen atoms in total. The van der Waals surface area contributed by atoms with Crippen LogP contribution in [-0.4, -0.2) is 58.8 Å². The highest BCUT2D eigenvalue weighted by Crippen LogP contribution is 2.42. The molecule has 0 unspecified atom stereocenters. The molecule has 11 heteroatoms. The minimum atomic E-state index is 0.125. The zero-order valence-electron chi connectivity index (χ0n) is 29.6. The lowest BCUT2D eigenvalue weighted by Gasteiger charge is -2.20. The van der Waals surface area contributed by atoms with Gasteiger partial charge in [-0.25, -0.2) is 15.0 Å². The lowest BCUT2D eigenvalue weighted by atomic mass is 9.60. The summed E-state index contributed by atoms with van der Waals surface area (Å²) in [5.41, 5.74) is 5.82. The zero-order chi connectivity index (χ0) is 37.8. The predicted molar refractivity (Wildman–Crippen MR) is 243 cm³/mol. The molecule has 0 saturated carbocycles. The zero-order valence-corrected chi connectivity index (χ0v) is 31.2. The number of benzene rings is 7. The molecule has 248 valence electrons. The molecule has 0 atom stereocenters. The van der Waals surface area contributed by atoms with Gasteiger partial charge in [-0.3, -0.25) is 0 Å². The van der Waals surface area contributed by atoms with Crippen LogP contribution in [0.4, 0.5) is 0 Å². The minimum Gasteiger partial charge on any atom is -0.309 e. The fourth-order valence-electron chi connectivity index (χ4n) is 8.00. The molecule has 11 aromatic rings. The Morgan fingerprint density at radius 1 is 0.411 bits per heavy atom. The summed E-state index contributed by atoms with van der Waals surface area (Å²) in [5.74, 6) is 1.14. The van der Waals surface area contributed by atoms with Gasteiger partial charge in [-0.2, -0.15) is 0 Å². The molecule has 0 N–H and O–H groups in total. The summed E-state index contributed by atoms with van der Waals surface area (Å²) >= 11 is 3.51. The fourth-order valence-corrected chi connectivity index (χ4v) is 10.3. The van der Waals surface area contributed by atoms with Crippen LogP contribution in [0, 0.1) is 0 Å². The monoisotopic (exact) mass is 736 g/mol. The number of hydrogen-bond donors (Lipinski definition) is 0. The molecule has 0 spiro atoms. The first kappa shape index (κ1) is 33.5. The Bertz CT molecular complexity index is 3430. The SMILES string of the molecule is [B]c1c([B])c([B])c(-c2nc(-c3cccc(-n4c5ccccc5c5cc6c(cc54)sc4ccccc46)c3)nc(-c3cccc4c3sc3ccccc34)n2)c([B])c1[B]. The first-order chi connectivity index (χ1) is 27.3. The molecular weight excluding hydrogens is 715 g/mol. The van der Waals surface area contributed by atoms with E-state index in [2.05, 4.69) is 102 Å². The van der Waals surface area contributed by atoms with Crippen LogP contribution in [0.15, 0.2) is 127 Å². The molecule has 0 fully saturated rings. The summed E-state index contributed by atoms with van der Waals surface area (Å²) in [6.07, 6.45) is 0. The molecule has 0 bridgehead atoms. The lowest BCUT2D eigenvalue weighted by molar-refractivity contribution is 1.08. The standard InChI is InChI=1S/C45H21B5N4S2/c46-37-36(38(47)40(49)41(50)39(37)48)45-52-43(51-44(53-45)28-15-8-14-27-25-12-2-6-18-34(25)56-42(27)28)22-9-7-10-23(19-22)54-31-16-4-1-11-24(31)29-20-30-26-13-3-5-17-33(26)55-35(30)21-32(29)54/h1-21H. The smallest absolute Gasteiger partial charge is 0.165 e. The Morgan fingerprint density at radius 2 is 1.02 bits per heavy atom. The van der Waals surface area contributed by atoms with Crippen molar-refractivity contribution in [3.63, 3.8) is 0 Å². The highest BCUT2D eigenvalue weighted by atomic mass is 32.1. The third-order valence-corrected chi connectivity index (χ3v) is 13.1. The fraction of sp³-hybridized carbons (Fsp3) is 0. The van der Waals surface area contributed by atoms with Crippen LogP contribution in [0.25, 0.3) is 102 Å². The number of nitrogens with zero attached hydrogens (tertiary/aromatic N) is 4. The van der Waals surface area contributed by atoms with Gasteiger partial charge in [0, 0.05) is 73.5 Å². The van der Waals surface area contributed by atoms with Gasteiger partial charge in [-0.05, 0) is 48.5 Å². The number of thiophene rings is 2. The molecule has 11 rings (SSSR count). The van der Waals surface area contributed by atoms with E-state index >= 15 is 0 Å². The van der Waals surface area contributed by atoms with Crippen LogP contribution >= 0.6 is 22.7 Å². The molecule has 56 heavy (non-hydrogen) atoms. The summed E-state index contributed by atoms with van der Waals surface area (Å²) in [6, 6.07) is 44.6. The summed E-state index contributed by atoms with van der Waals surface area (Å²) in [6.45, 7) is 0. The molecule has 4 aromatic heterocycles. The van der Waals surface area contributed by atoms with Crippen LogP contribution in [0.3, 0.4) is 0 Å². The van der Waals surface area contributed by atoms with Crippen molar-refractivity contribution in [2.75, 3.05) is 0 Å². The van der Waals surface area contributed by atoms with E-state index in [1.165, 1.54) is 41.0 Å². The number of para-hydroxylation sites is 1. The molecule has 4 heterocycles. The number of rotatable bonds is 4. The molecule has 7 aromatic carbocycles. The van der Waals surface area contributed by atoms with Gasteiger partial charge in [0.15, 0.2) is 17.5 Å². The Morgan fingerprint density at radius 3 is 1.80 bits per heavy atom. The van der Waals surface area contributed by atoms with Crippen molar-refractivity contribution >= 4 is 151 Å². The quantitative estimate of drug-likeness (QED) is 0.190. The summed E-state index contributed by atoms with van der Waals surface area (Å²) in [4.78, 5) is 15.2. The second-order valence-electron chi connectivity index (χ2n) is 13.9. The maximum absolute atomic E-state index is 6.62. The van der Waals surface area contributed by atoms with Crippen molar-refractivity contribution in [2.24, 2.45) is 0 Å². The normalized spacial score (nSPS) is 11.9. The van der Waals surface area contributed by atoms with Gasteiger partial charge >= 0.3 is 0 Å². The van der Waals surface area contributed by atoms with E-state index in [-0.39, 0.29) is 33.1 Å². The molecule has 0 amide bonds. The number of fused-ring (bicyclic) bond motifs is 9. The molecule has 0 aliphatic heterocycles. The van der Waals surface area contributed by atoms with E-state index in [4.69, 9.17) is 54.2 Å². The second kappa shape index (κ2) is 12.6. The van der Waals surface area contributed by atoms with Crippen molar-refractivity contribution in [2.45, 2.75) is 0 Å². The van der Waals surface area contributed by atoms with Crippen molar-refractivity contribution in [1.29, 1.82) is 0 Å². The van der Waals surface area contributed by atoms with Gasteiger partial charge in [0.05, 0.1) is 11.0 Å². The largest absolute Gasteiger partial charge is 0.309 e. The van der Waals surface area contributed by atoms with E-state index in [1.807, 2.05) is 41.7 Å². The Labute approximate surface area is 336 Å². The van der Waals surface area contributed by atoms with Crippen LogP contribution in [0.1, 0.15) is 0 Å². The Kier molecular flexibility index (Phi) is 7.51. The predicted octanol–water partition coefficient (Wildman–Crippen LogP) is 6.67. The third kappa shape index (κ3) is 4.93. The summed E-state index contributed by atoms with van der Waals surface area (Å²) in [7, 11) is 32.2. The lowest BCUT2D eigenvalue weighted by Crippen LogP contribution is -2.55. The Balaban J connectivity index is 1.16. The number of hydrogen-bond acceptors (Lipinski definition) is 5. The maximum atomic E-state index is 6.62. The van der Waals surface area contributed by atoms with Gasteiger partial charge in [0.25, 0.3) is 0 Å². The van der Waals surface area contributed by atoms with Crippen LogP contribution in [0.5, 0.6) is 0 Å². The van der Waals surface area contributed by atoms with Gasteiger partial charge in [-0.15, -0.1) is 39.1 Å². The van der Waals surface area contributed by atoms with Crippen LogP contribution in [-0.2, 0) is 0 Å². The first-order valence-electron chi connectivity index (χ1n) is 18.0. The highest BCUT2D eigenvalue weighted by molar-refractivity contribution is 7.26. The Hall–Kier alpha value is -5.89. The van der Waals surface area contributed by atoms with Crippen molar-refractivity contribution in [3.05, 3.63) is 127 Å².